The minimum absolute atomic E-state index is 0.115. The summed E-state index contributed by atoms with van der Waals surface area (Å²) < 4.78 is 41.7. The molecule has 0 bridgehead atoms. The van der Waals surface area contributed by atoms with Gasteiger partial charge in [0, 0.05) is 45.1 Å². The summed E-state index contributed by atoms with van der Waals surface area (Å²) in [6, 6.07) is 4.72. The van der Waals surface area contributed by atoms with Gasteiger partial charge >= 0.3 is 0 Å². The minimum atomic E-state index is -3.77. The second-order valence-corrected chi connectivity index (χ2v) is 11.7. The molecular weight excluding hydrogens is 508 g/mol. The molecule has 0 amide bonds. The summed E-state index contributed by atoms with van der Waals surface area (Å²) in [6.07, 6.45) is 3.71. The molecule has 4 rings (SSSR count). The van der Waals surface area contributed by atoms with Crippen molar-refractivity contribution < 1.29 is 23.0 Å². The van der Waals surface area contributed by atoms with Gasteiger partial charge in [-0.3, -0.25) is 4.79 Å². The number of piperidine rings is 1. The molecule has 3 heterocycles. The Morgan fingerprint density at radius 1 is 1.21 bits per heavy atom. The van der Waals surface area contributed by atoms with Gasteiger partial charge in [0.05, 0.1) is 29.2 Å². The number of nitrogens with one attached hydrogen (secondary N) is 1. The molecule has 10 nitrogen and oxygen atoms in total. The van der Waals surface area contributed by atoms with E-state index in [1.165, 1.54) is 4.31 Å². The fourth-order valence-corrected chi connectivity index (χ4v) is 6.83. The van der Waals surface area contributed by atoms with Crippen LogP contribution in [0.25, 0.3) is 22.4 Å². The van der Waals surface area contributed by atoms with E-state index in [4.69, 9.17) is 14.5 Å². The van der Waals surface area contributed by atoms with Gasteiger partial charge in [0.15, 0.2) is 0 Å². The van der Waals surface area contributed by atoms with Crippen LogP contribution >= 0.6 is 0 Å². The zero-order valence-electron chi connectivity index (χ0n) is 22.6. The highest BCUT2D eigenvalue weighted by Crippen LogP contribution is 2.34. The van der Waals surface area contributed by atoms with Crippen molar-refractivity contribution in [2.75, 3.05) is 33.4 Å². The molecule has 1 aliphatic heterocycles. The van der Waals surface area contributed by atoms with Gasteiger partial charge in [-0.05, 0) is 56.7 Å². The van der Waals surface area contributed by atoms with Gasteiger partial charge in [-0.1, -0.05) is 13.3 Å². The van der Waals surface area contributed by atoms with Crippen LogP contribution < -0.4 is 10.3 Å². The van der Waals surface area contributed by atoms with E-state index in [1.807, 2.05) is 18.5 Å². The monoisotopic (exact) mass is 546 g/mol. The van der Waals surface area contributed by atoms with Crippen LogP contribution in [0.1, 0.15) is 50.8 Å². The number of hydrogen-bond acceptors (Lipinski definition) is 7. The first-order valence-electron chi connectivity index (χ1n) is 13.2. The van der Waals surface area contributed by atoms with Gasteiger partial charge in [-0.15, -0.1) is 0 Å². The summed E-state index contributed by atoms with van der Waals surface area (Å²) in [5.74, 6) is 1.03. The summed E-state index contributed by atoms with van der Waals surface area (Å²) in [7, 11) is -0.322. The number of H-pyrrole nitrogens is 1. The van der Waals surface area contributed by atoms with Gasteiger partial charge in [0.25, 0.3) is 5.56 Å². The van der Waals surface area contributed by atoms with Crippen LogP contribution in [0, 0.1) is 5.92 Å². The molecule has 1 fully saturated rings. The van der Waals surface area contributed by atoms with E-state index < -0.39 is 10.0 Å². The fourth-order valence-electron chi connectivity index (χ4n) is 5.33. The standard InChI is InChI=1S/C27H38N4O6S/c1-5-7-20-22(17-36-4)30(3)25-24(20)28-26(29-27(25)33)21-16-19(8-9-23(21)37-6-2)38(34,35)31-13-10-18(11-14-31)12-15-32/h8-9,16,18,32H,5-7,10-15,17H2,1-4H3,(H,28,29,33). The number of fused-ring (bicyclic) bond motifs is 1. The summed E-state index contributed by atoms with van der Waals surface area (Å²) >= 11 is 0. The molecule has 38 heavy (non-hydrogen) atoms. The van der Waals surface area contributed by atoms with Crippen LogP contribution in [-0.4, -0.2) is 65.8 Å². The number of aliphatic hydroxyl groups excluding tert-OH is 1. The molecule has 0 radical (unpaired) electrons. The molecule has 0 saturated carbocycles. The van der Waals surface area contributed by atoms with E-state index in [1.54, 1.807) is 25.3 Å². The molecular formula is C27H38N4O6S. The number of sulfonamides is 1. The van der Waals surface area contributed by atoms with E-state index >= 15 is 0 Å². The number of aryl methyl sites for hydroxylation is 2. The number of aliphatic hydroxyl groups is 1. The Hall–Kier alpha value is -2.73. The van der Waals surface area contributed by atoms with E-state index in [0.717, 1.165) is 24.1 Å². The number of aromatic nitrogens is 3. The van der Waals surface area contributed by atoms with Crippen LogP contribution in [-0.2, 0) is 34.8 Å². The lowest BCUT2D eigenvalue weighted by Gasteiger charge is -2.31. The lowest BCUT2D eigenvalue weighted by atomic mass is 9.95. The van der Waals surface area contributed by atoms with Crippen molar-refractivity contribution >= 4 is 21.1 Å². The van der Waals surface area contributed by atoms with Crippen molar-refractivity contribution in [1.29, 1.82) is 0 Å². The predicted molar refractivity (Wildman–Crippen MR) is 146 cm³/mol. The minimum Gasteiger partial charge on any atom is -0.493 e. The fraction of sp³-hybridized carbons (Fsp3) is 0.556. The second-order valence-electron chi connectivity index (χ2n) is 9.73. The molecule has 208 valence electrons. The zero-order valence-corrected chi connectivity index (χ0v) is 23.4. The summed E-state index contributed by atoms with van der Waals surface area (Å²) in [5, 5.41) is 9.22. The van der Waals surface area contributed by atoms with Crippen LogP contribution in [0.3, 0.4) is 0 Å². The first kappa shape index (κ1) is 28.3. The number of ether oxygens (including phenoxy) is 2. The topological polar surface area (TPSA) is 127 Å². The Labute approximate surface area is 223 Å². The number of aromatic amines is 1. The van der Waals surface area contributed by atoms with Crippen LogP contribution in [0.5, 0.6) is 5.75 Å². The number of methoxy groups -OCH3 is 1. The number of hydrogen-bond donors (Lipinski definition) is 2. The second kappa shape index (κ2) is 12.0. The van der Waals surface area contributed by atoms with E-state index in [0.29, 0.717) is 73.8 Å². The number of nitrogens with zero attached hydrogens (tertiary/aromatic N) is 3. The average molecular weight is 547 g/mol. The van der Waals surface area contributed by atoms with Gasteiger partial charge in [0.1, 0.15) is 17.1 Å². The van der Waals surface area contributed by atoms with Crippen molar-refractivity contribution in [3.05, 3.63) is 39.8 Å². The molecule has 0 atom stereocenters. The quantitative estimate of drug-likeness (QED) is 0.378. The average Bonchev–Trinajstić information content (AvgIpc) is 3.16. The van der Waals surface area contributed by atoms with Gasteiger partial charge in [-0.2, -0.15) is 4.31 Å². The number of benzene rings is 1. The Morgan fingerprint density at radius 2 is 1.95 bits per heavy atom. The smallest absolute Gasteiger partial charge is 0.275 e. The van der Waals surface area contributed by atoms with Crippen molar-refractivity contribution in [2.24, 2.45) is 13.0 Å². The Bertz CT molecular complexity index is 1440. The maximum absolute atomic E-state index is 13.6. The highest BCUT2D eigenvalue weighted by molar-refractivity contribution is 7.89. The maximum Gasteiger partial charge on any atom is 0.275 e. The Morgan fingerprint density at radius 3 is 2.58 bits per heavy atom. The largest absolute Gasteiger partial charge is 0.493 e. The molecule has 0 aliphatic carbocycles. The summed E-state index contributed by atoms with van der Waals surface area (Å²) in [4.78, 5) is 21.2. The van der Waals surface area contributed by atoms with E-state index in [2.05, 4.69) is 11.9 Å². The number of rotatable bonds is 11. The van der Waals surface area contributed by atoms with Crippen LogP contribution in [0.15, 0.2) is 27.9 Å². The van der Waals surface area contributed by atoms with Crippen molar-refractivity contribution in [3.63, 3.8) is 0 Å². The van der Waals surface area contributed by atoms with Crippen LogP contribution in [0.4, 0.5) is 0 Å². The van der Waals surface area contributed by atoms with Gasteiger partial charge in [0.2, 0.25) is 10.0 Å². The third kappa shape index (κ3) is 5.38. The van der Waals surface area contributed by atoms with Crippen molar-refractivity contribution in [1.82, 2.24) is 18.8 Å². The predicted octanol–water partition coefficient (Wildman–Crippen LogP) is 3.21. The van der Waals surface area contributed by atoms with E-state index in [9.17, 15) is 18.3 Å². The SMILES string of the molecule is CCCc1c(COC)n(C)c2c(=O)[nH]c(-c3cc(S(=O)(=O)N4CCC(CCO)CC4)ccc3OCC)nc12. The zero-order chi connectivity index (χ0) is 27.4. The van der Waals surface area contributed by atoms with Crippen molar-refractivity contribution in [3.8, 4) is 17.1 Å². The molecule has 1 saturated heterocycles. The van der Waals surface area contributed by atoms with Crippen molar-refractivity contribution in [2.45, 2.75) is 57.5 Å². The molecule has 1 aliphatic rings. The molecule has 0 unspecified atom stereocenters. The highest BCUT2D eigenvalue weighted by atomic mass is 32.2. The lowest BCUT2D eigenvalue weighted by molar-refractivity contribution is 0.178. The first-order valence-corrected chi connectivity index (χ1v) is 14.7. The maximum atomic E-state index is 13.6. The van der Waals surface area contributed by atoms with Crippen LogP contribution in [0.2, 0.25) is 0 Å². The molecule has 1 aromatic carbocycles. The first-order chi connectivity index (χ1) is 18.3. The third-order valence-electron chi connectivity index (χ3n) is 7.31. The summed E-state index contributed by atoms with van der Waals surface area (Å²) in [5.41, 5.74) is 2.99. The summed E-state index contributed by atoms with van der Waals surface area (Å²) in [6.45, 7) is 5.56. The lowest BCUT2D eigenvalue weighted by Crippen LogP contribution is -2.38. The Balaban J connectivity index is 1.82. The highest BCUT2D eigenvalue weighted by Gasteiger charge is 2.30. The molecule has 3 aromatic rings. The Kier molecular flexibility index (Phi) is 8.92. The third-order valence-corrected chi connectivity index (χ3v) is 9.20. The van der Waals surface area contributed by atoms with E-state index in [-0.39, 0.29) is 22.9 Å². The van der Waals surface area contributed by atoms with Gasteiger partial charge < -0.3 is 24.1 Å². The normalized spacial score (nSPS) is 15.4. The molecule has 2 N–H and O–H groups in total. The molecule has 0 spiro atoms. The molecule has 2 aromatic heterocycles. The van der Waals surface area contributed by atoms with Gasteiger partial charge in [-0.25, -0.2) is 13.4 Å². The molecule has 11 heteroatoms.